The zero-order chi connectivity index (χ0) is 15.9. The molecule has 0 atom stereocenters. The van der Waals surface area contributed by atoms with E-state index in [2.05, 4.69) is 17.2 Å². The summed E-state index contributed by atoms with van der Waals surface area (Å²) >= 11 is 0. The molecule has 2 rings (SSSR count). The van der Waals surface area contributed by atoms with E-state index in [1.54, 1.807) is 14.2 Å². The number of aryl methyl sites for hydroxylation is 1. The third-order valence-corrected chi connectivity index (χ3v) is 3.50. The lowest BCUT2D eigenvalue weighted by Crippen LogP contribution is -2.07. The number of nitrogens with one attached hydrogen (secondary N) is 1. The van der Waals surface area contributed by atoms with Crippen LogP contribution in [-0.2, 0) is 4.74 Å². The van der Waals surface area contributed by atoms with Crippen molar-refractivity contribution in [2.24, 2.45) is 0 Å². The van der Waals surface area contributed by atoms with Crippen LogP contribution in [0.5, 0.6) is 11.5 Å². The van der Waals surface area contributed by atoms with Crippen LogP contribution in [0.1, 0.15) is 18.9 Å². The van der Waals surface area contributed by atoms with Gasteiger partial charge in [-0.2, -0.15) is 0 Å². The number of pyridine rings is 1. The molecule has 0 amide bonds. The lowest BCUT2D eigenvalue weighted by molar-refractivity contribution is 0.147. The van der Waals surface area contributed by atoms with Crippen molar-refractivity contribution in [2.45, 2.75) is 20.3 Å². The van der Waals surface area contributed by atoms with Crippen LogP contribution in [0.3, 0.4) is 0 Å². The second-order valence-electron chi connectivity index (χ2n) is 5.00. The maximum absolute atomic E-state index is 5.44. The molecule has 1 heterocycles. The summed E-state index contributed by atoms with van der Waals surface area (Å²) < 4.78 is 16.2. The Labute approximate surface area is 131 Å². The van der Waals surface area contributed by atoms with Crippen LogP contribution in [0.2, 0.25) is 0 Å². The van der Waals surface area contributed by atoms with Gasteiger partial charge in [0.25, 0.3) is 0 Å². The molecule has 22 heavy (non-hydrogen) atoms. The van der Waals surface area contributed by atoms with Crippen LogP contribution in [0.4, 0.5) is 5.82 Å². The van der Waals surface area contributed by atoms with Gasteiger partial charge in [-0.15, -0.1) is 0 Å². The van der Waals surface area contributed by atoms with Crippen molar-refractivity contribution in [3.63, 3.8) is 0 Å². The fourth-order valence-corrected chi connectivity index (χ4v) is 2.44. The first-order chi connectivity index (χ1) is 10.7. The molecule has 0 saturated carbocycles. The third kappa shape index (κ3) is 3.60. The smallest absolute Gasteiger partial charge is 0.145 e. The van der Waals surface area contributed by atoms with Gasteiger partial charge in [-0.1, -0.05) is 0 Å². The molecule has 0 unspecified atom stereocenters. The highest BCUT2D eigenvalue weighted by Gasteiger charge is 2.12. The van der Waals surface area contributed by atoms with Gasteiger partial charge in [-0.05, 0) is 44.0 Å². The minimum atomic E-state index is 0.747. The minimum Gasteiger partial charge on any atom is -0.496 e. The predicted molar refractivity (Wildman–Crippen MR) is 89.2 cm³/mol. The monoisotopic (exact) mass is 304 g/mol. The largest absolute Gasteiger partial charge is 0.496 e. The van der Waals surface area contributed by atoms with E-state index in [-0.39, 0.29) is 0 Å². The lowest BCUT2D eigenvalue weighted by Gasteiger charge is -2.14. The van der Waals surface area contributed by atoms with E-state index in [1.165, 1.54) is 0 Å². The number of benzene rings is 1. The first kappa shape index (κ1) is 16.4. The number of ether oxygens (including phenoxy) is 3. The van der Waals surface area contributed by atoms with Crippen LogP contribution >= 0.6 is 0 Å². The summed E-state index contributed by atoms with van der Waals surface area (Å²) in [5.74, 6) is 2.40. The standard InChI is InChI=1S/C17H24N2O3/c1-5-22-10-6-9-18-15-11-12(2)16-13(20-3)7-8-14(21-4)17(16)19-15/h7-8,11H,5-6,9-10H2,1-4H3,(H,18,19). The zero-order valence-electron chi connectivity index (χ0n) is 13.7. The van der Waals surface area contributed by atoms with Gasteiger partial charge in [0, 0.05) is 25.1 Å². The molecule has 0 radical (unpaired) electrons. The Kier molecular flexibility index (Phi) is 5.83. The zero-order valence-corrected chi connectivity index (χ0v) is 13.7. The van der Waals surface area contributed by atoms with Gasteiger partial charge in [0.2, 0.25) is 0 Å². The van der Waals surface area contributed by atoms with Crippen molar-refractivity contribution >= 4 is 16.7 Å². The third-order valence-electron chi connectivity index (χ3n) is 3.50. The maximum Gasteiger partial charge on any atom is 0.145 e. The van der Waals surface area contributed by atoms with E-state index in [4.69, 9.17) is 14.2 Å². The first-order valence-electron chi connectivity index (χ1n) is 7.55. The second kappa shape index (κ2) is 7.84. The molecule has 5 heteroatoms. The molecular formula is C17H24N2O3. The van der Waals surface area contributed by atoms with Crippen LogP contribution in [-0.4, -0.2) is 39.0 Å². The number of aromatic nitrogens is 1. The van der Waals surface area contributed by atoms with E-state index < -0.39 is 0 Å². The van der Waals surface area contributed by atoms with Crippen molar-refractivity contribution in [1.29, 1.82) is 0 Å². The highest BCUT2D eigenvalue weighted by Crippen LogP contribution is 2.35. The van der Waals surface area contributed by atoms with Crippen molar-refractivity contribution in [3.8, 4) is 11.5 Å². The maximum atomic E-state index is 5.44. The SMILES string of the molecule is CCOCCCNc1cc(C)c2c(OC)ccc(OC)c2n1. The second-order valence-corrected chi connectivity index (χ2v) is 5.00. The van der Waals surface area contributed by atoms with Crippen molar-refractivity contribution in [3.05, 3.63) is 23.8 Å². The highest BCUT2D eigenvalue weighted by molar-refractivity contribution is 5.94. The molecule has 0 aliphatic rings. The number of fused-ring (bicyclic) bond motifs is 1. The number of rotatable bonds is 8. The average molecular weight is 304 g/mol. The van der Waals surface area contributed by atoms with Crippen LogP contribution < -0.4 is 14.8 Å². The number of methoxy groups -OCH3 is 2. The summed E-state index contributed by atoms with van der Waals surface area (Å²) in [4.78, 5) is 4.68. The van der Waals surface area contributed by atoms with E-state index in [0.717, 1.165) is 60.0 Å². The van der Waals surface area contributed by atoms with E-state index >= 15 is 0 Å². The number of hydrogen-bond acceptors (Lipinski definition) is 5. The summed E-state index contributed by atoms with van der Waals surface area (Å²) in [7, 11) is 3.32. The Balaban J connectivity index is 2.27. The van der Waals surface area contributed by atoms with Gasteiger partial charge in [0.1, 0.15) is 22.8 Å². The summed E-state index contributed by atoms with van der Waals surface area (Å²) in [5, 5.41) is 4.33. The molecule has 5 nitrogen and oxygen atoms in total. The fraction of sp³-hybridized carbons (Fsp3) is 0.471. The van der Waals surface area contributed by atoms with Gasteiger partial charge >= 0.3 is 0 Å². The van der Waals surface area contributed by atoms with Crippen LogP contribution in [0, 0.1) is 6.92 Å². The van der Waals surface area contributed by atoms with Gasteiger partial charge in [-0.25, -0.2) is 4.98 Å². The summed E-state index contributed by atoms with van der Waals surface area (Å²) in [6.45, 7) is 6.39. The quantitative estimate of drug-likeness (QED) is 0.758. The molecule has 2 aromatic rings. The van der Waals surface area contributed by atoms with Gasteiger partial charge < -0.3 is 19.5 Å². The average Bonchev–Trinajstić information content (AvgIpc) is 2.53. The molecule has 0 spiro atoms. The topological polar surface area (TPSA) is 52.6 Å². The molecule has 0 aliphatic carbocycles. The summed E-state index contributed by atoms with van der Waals surface area (Å²) in [5.41, 5.74) is 1.92. The Morgan fingerprint density at radius 3 is 2.55 bits per heavy atom. The molecule has 1 aromatic heterocycles. The predicted octanol–water partition coefficient (Wildman–Crippen LogP) is 3.40. The fourth-order valence-electron chi connectivity index (χ4n) is 2.44. The Hall–Kier alpha value is -2.01. The molecule has 0 bridgehead atoms. The van der Waals surface area contributed by atoms with Gasteiger partial charge in [0.15, 0.2) is 0 Å². The van der Waals surface area contributed by atoms with Crippen molar-refractivity contribution < 1.29 is 14.2 Å². The number of hydrogen-bond donors (Lipinski definition) is 1. The summed E-state index contributed by atoms with van der Waals surface area (Å²) in [6, 6.07) is 5.82. The number of nitrogens with zero attached hydrogens (tertiary/aromatic N) is 1. The van der Waals surface area contributed by atoms with E-state index in [0.29, 0.717) is 0 Å². The molecule has 120 valence electrons. The highest BCUT2D eigenvalue weighted by atomic mass is 16.5. The number of anilines is 1. The molecule has 1 N–H and O–H groups in total. The molecule has 0 aliphatic heterocycles. The molecular weight excluding hydrogens is 280 g/mol. The molecule has 0 saturated heterocycles. The minimum absolute atomic E-state index is 0.747. The molecule has 0 fully saturated rings. The van der Waals surface area contributed by atoms with E-state index in [1.807, 2.05) is 25.1 Å². The van der Waals surface area contributed by atoms with Gasteiger partial charge in [0.05, 0.1) is 14.2 Å². The van der Waals surface area contributed by atoms with E-state index in [9.17, 15) is 0 Å². The van der Waals surface area contributed by atoms with Gasteiger partial charge in [-0.3, -0.25) is 0 Å². The lowest BCUT2D eigenvalue weighted by atomic mass is 10.1. The van der Waals surface area contributed by atoms with Crippen molar-refractivity contribution in [2.75, 3.05) is 39.3 Å². The Morgan fingerprint density at radius 2 is 1.86 bits per heavy atom. The molecule has 1 aromatic carbocycles. The van der Waals surface area contributed by atoms with Crippen LogP contribution in [0.25, 0.3) is 10.9 Å². The normalized spacial score (nSPS) is 10.7. The Morgan fingerprint density at radius 1 is 1.14 bits per heavy atom. The van der Waals surface area contributed by atoms with Crippen molar-refractivity contribution in [1.82, 2.24) is 4.98 Å². The first-order valence-corrected chi connectivity index (χ1v) is 7.55. The Bertz CT molecular complexity index is 629. The van der Waals surface area contributed by atoms with Crippen LogP contribution in [0.15, 0.2) is 18.2 Å². The summed E-state index contributed by atoms with van der Waals surface area (Å²) in [6.07, 6.45) is 0.946.